The molecule has 0 radical (unpaired) electrons. The monoisotopic (exact) mass is 551 g/mol. The van der Waals surface area contributed by atoms with Gasteiger partial charge in [-0.25, -0.2) is 9.97 Å². The molecule has 5 aliphatic rings. The molecule has 5 fully saturated rings. The maximum absolute atomic E-state index is 12.9. The number of likely N-dealkylation sites (tertiary alicyclic amines) is 1. The van der Waals surface area contributed by atoms with Crippen LogP contribution in [-0.4, -0.2) is 57.9 Å². The normalized spacial score (nSPS) is 31.4. The zero-order valence-electron chi connectivity index (χ0n) is 21.3. The SMILES string of the molecule is COc1cc(NC2CCN([C@H]3C4CC5CC3C[C@@](O)(C5)C4)CC2)ccc1Nc1ncc(C(F)(F)F)c(Cl)n1. The Hall–Kier alpha value is -2.30. The molecule has 3 N–H and O–H groups in total. The van der Waals surface area contributed by atoms with Crippen molar-refractivity contribution in [2.45, 2.75) is 68.8 Å². The minimum Gasteiger partial charge on any atom is -0.494 e. The summed E-state index contributed by atoms with van der Waals surface area (Å²) in [5.41, 5.74) is -0.0399. The largest absolute Gasteiger partial charge is 0.494 e. The summed E-state index contributed by atoms with van der Waals surface area (Å²) in [4.78, 5) is 10.2. The molecule has 2 unspecified atom stereocenters. The number of halogens is 4. The molecule has 1 aliphatic heterocycles. The van der Waals surface area contributed by atoms with Crippen LogP contribution in [-0.2, 0) is 6.18 Å². The Morgan fingerprint density at radius 1 is 1.13 bits per heavy atom. The van der Waals surface area contributed by atoms with Crippen LogP contribution in [0.15, 0.2) is 24.4 Å². The first-order valence-electron chi connectivity index (χ1n) is 13.4. The lowest BCUT2D eigenvalue weighted by Gasteiger charge is -2.61. The quantitative estimate of drug-likeness (QED) is 0.396. The van der Waals surface area contributed by atoms with Gasteiger partial charge in [-0.3, -0.25) is 4.90 Å². The van der Waals surface area contributed by atoms with Crippen LogP contribution in [0.5, 0.6) is 5.75 Å². The van der Waals surface area contributed by atoms with Gasteiger partial charge in [0.1, 0.15) is 16.5 Å². The van der Waals surface area contributed by atoms with Crippen molar-refractivity contribution in [3.8, 4) is 5.75 Å². The van der Waals surface area contributed by atoms with E-state index in [1.807, 2.05) is 12.1 Å². The maximum atomic E-state index is 12.9. The highest BCUT2D eigenvalue weighted by Crippen LogP contribution is 2.57. The molecule has 2 heterocycles. The van der Waals surface area contributed by atoms with E-state index in [0.717, 1.165) is 56.8 Å². The van der Waals surface area contributed by atoms with Gasteiger partial charge in [-0.1, -0.05) is 11.6 Å². The Labute approximate surface area is 225 Å². The third-order valence-electron chi connectivity index (χ3n) is 9.01. The van der Waals surface area contributed by atoms with Gasteiger partial charge in [-0.15, -0.1) is 0 Å². The Morgan fingerprint density at radius 2 is 1.84 bits per heavy atom. The number of nitrogens with zero attached hydrogens (tertiary/aromatic N) is 3. The van der Waals surface area contributed by atoms with E-state index in [4.69, 9.17) is 16.3 Å². The van der Waals surface area contributed by atoms with E-state index in [0.29, 0.717) is 41.6 Å². The van der Waals surface area contributed by atoms with Crippen molar-refractivity contribution in [2.75, 3.05) is 30.8 Å². The Balaban J connectivity index is 1.06. The number of aliphatic hydroxyl groups is 1. The van der Waals surface area contributed by atoms with Gasteiger partial charge in [0.05, 0.1) is 18.4 Å². The highest BCUT2D eigenvalue weighted by atomic mass is 35.5. The smallest absolute Gasteiger partial charge is 0.420 e. The number of hydrogen-bond acceptors (Lipinski definition) is 7. The van der Waals surface area contributed by atoms with E-state index in [2.05, 4.69) is 25.5 Å². The van der Waals surface area contributed by atoms with Gasteiger partial charge in [0.15, 0.2) is 0 Å². The number of alkyl halides is 3. The van der Waals surface area contributed by atoms with E-state index in [-0.39, 0.29) is 5.95 Å². The fraction of sp³-hybridized carbons (Fsp3) is 0.630. The van der Waals surface area contributed by atoms with E-state index in [9.17, 15) is 18.3 Å². The third-order valence-corrected chi connectivity index (χ3v) is 9.30. The van der Waals surface area contributed by atoms with Gasteiger partial charge < -0.3 is 20.5 Å². The summed E-state index contributed by atoms with van der Waals surface area (Å²) >= 11 is 5.72. The van der Waals surface area contributed by atoms with Crippen molar-refractivity contribution in [3.63, 3.8) is 0 Å². The van der Waals surface area contributed by atoms with Crippen molar-refractivity contribution in [1.82, 2.24) is 14.9 Å². The summed E-state index contributed by atoms with van der Waals surface area (Å²) in [6.45, 7) is 2.11. The van der Waals surface area contributed by atoms with Gasteiger partial charge in [-0.05, 0) is 74.8 Å². The number of rotatable bonds is 6. The van der Waals surface area contributed by atoms with Crippen LogP contribution < -0.4 is 15.4 Å². The molecule has 0 amide bonds. The summed E-state index contributed by atoms with van der Waals surface area (Å²) in [6.07, 6.45) is 3.68. The number of nitrogens with one attached hydrogen (secondary N) is 2. The molecule has 1 aromatic heterocycles. The number of hydrogen-bond donors (Lipinski definition) is 3. The summed E-state index contributed by atoms with van der Waals surface area (Å²) < 4.78 is 44.3. The lowest BCUT2D eigenvalue weighted by Crippen LogP contribution is -2.62. The van der Waals surface area contributed by atoms with Crippen LogP contribution in [0.1, 0.15) is 50.5 Å². The zero-order chi connectivity index (χ0) is 26.7. The van der Waals surface area contributed by atoms with Crippen molar-refractivity contribution in [1.29, 1.82) is 0 Å². The summed E-state index contributed by atoms with van der Waals surface area (Å²) in [5.74, 6) is 2.47. The van der Waals surface area contributed by atoms with Crippen LogP contribution in [0.25, 0.3) is 0 Å². The lowest BCUT2D eigenvalue weighted by atomic mass is 9.52. The lowest BCUT2D eigenvalue weighted by molar-refractivity contribution is -0.161. The minimum absolute atomic E-state index is 0.0497. The van der Waals surface area contributed by atoms with Gasteiger partial charge in [0, 0.05) is 43.1 Å². The molecule has 1 saturated heterocycles. The van der Waals surface area contributed by atoms with Crippen LogP contribution in [0.3, 0.4) is 0 Å². The van der Waals surface area contributed by atoms with Crippen molar-refractivity contribution in [3.05, 3.63) is 35.1 Å². The predicted molar refractivity (Wildman–Crippen MR) is 139 cm³/mol. The molecule has 11 heteroatoms. The number of piperidine rings is 1. The van der Waals surface area contributed by atoms with Crippen LogP contribution in [0.4, 0.5) is 30.5 Å². The Kier molecular flexibility index (Phi) is 6.63. The first-order chi connectivity index (χ1) is 18.1. The van der Waals surface area contributed by atoms with Gasteiger partial charge in [0.2, 0.25) is 5.95 Å². The summed E-state index contributed by atoms with van der Waals surface area (Å²) in [5, 5.41) is 16.8. The third kappa shape index (κ3) is 5.02. The second kappa shape index (κ2) is 9.71. The molecular weight excluding hydrogens is 519 g/mol. The average molecular weight is 552 g/mol. The summed E-state index contributed by atoms with van der Waals surface area (Å²) in [6, 6.07) is 6.51. The first-order valence-corrected chi connectivity index (χ1v) is 13.8. The van der Waals surface area contributed by atoms with Crippen LogP contribution >= 0.6 is 11.6 Å². The molecule has 2 atom stereocenters. The number of benzene rings is 1. The van der Waals surface area contributed by atoms with E-state index < -0.39 is 22.5 Å². The molecule has 4 aliphatic carbocycles. The standard InChI is InChI=1S/C27H33ClF3N5O2/c1-38-22-10-19(2-3-21(22)34-25-32-14-20(24(28)35-25)27(29,30)31)33-18-4-6-36(7-5-18)23-16-8-15-9-17(23)13-26(37,11-15)12-16/h2-3,10,14-18,23,33,37H,4-9,11-13H2,1H3,(H,32,34,35)/t15?,16?,17?,23-,26+. The maximum Gasteiger partial charge on any atom is 0.420 e. The molecule has 38 heavy (non-hydrogen) atoms. The first kappa shape index (κ1) is 26.0. The molecule has 1 aromatic carbocycles. The molecule has 0 spiro atoms. The highest BCUT2D eigenvalue weighted by Gasteiger charge is 2.56. The number of methoxy groups -OCH3 is 1. The van der Waals surface area contributed by atoms with Crippen LogP contribution in [0, 0.1) is 17.8 Å². The molecule has 7 nitrogen and oxygen atoms in total. The van der Waals surface area contributed by atoms with Crippen molar-refractivity contribution >= 4 is 28.9 Å². The minimum atomic E-state index is -4.62. The fourth-order valence-electron chi connectivity index (χ4n) is 7.74. The molecule has 4 saturated carbocycles. The predicted octanol–water partition coefficient (Wildman–Crippen LogP) is 5.72. The molecule has 7 rings (SSSR count). The molecule has 206 valence electrons. The second-order valence-corrected chi connectivity index (χ2v) is 11.9. The zero-order valence-corrected chi connectivity index (χ0v) is 22.0. The second-order valence-electron chi connectivity index (χ2n) is 11.6. The highest BCUT2D eigenvalue weighted by molar-refractivity contribution is 6.30. The van der Waals surface area contributed by atoms with Crippen molar-refractivity contribution in [2.24, 2.45) is 17.8 Å². The fourth-order valence-corrected chi connectivity index (χ4v) is 7.98. The van der Waals surface area contributed by atoms with Crippen LogP contribution in [0.2, 0.25) is 5.15 Å². The topological polar surface area (TPSA) is 82.5 Å². The van der Waals surface area contributed by atoms with Gasteiger partial charge in [-0.2, -0.15) is 13.2 Å². The Bertz CT molecular complexity index is 1170. The molecular formula is C27H33ClF3N5O2. The Morgan fingerprint density at radius 3 is 2.45 bits per heavy atom. The van der Waals surface area contributed by atoms with E-state index >= 15 is 0 Å². The molecule has 2 aromatic rings. The van der Waals surface area contributed by atoms with Gasteiger partial charge in [0.25, 0.3) is 0 Å². The van der Waals surface area contributed by atoms with Gasteiger partial charge >= 0.3 is 6.18 Å². The number of aromatic nitrogens is 2. The van der Waals surface area contributed by atoms with Crippen molar-refractivity contribution < 1.29 is 23.0 Å². The number of anilines is 3. The molecule has 4 bridgehead atoms. The van der Waals surface area contributed by atoms with E-state index in [1.165, 1.54) is 20.0 Å². The summed E-state index contributed by atoms with van der Waals surface area (Å²) in [7, 11) is 1.53. The number of ether oxygens (including phenoxy) is 1. The van der Waals surface area contributed by atoms with E-state index in [1.54, 1.807) is 6.07 Å². The average Bonchev–Trinajstić information content (AvgIpc) is 2.84.